The summed E-state index contributed by atoms with van der Waals surface area (Å²) in [6.07, 6.45) is -0.721. The number of amides is 1. The lowest BCUT2D eigenvalue weighted by Gasteiger charge is -2.15. The van der Waals surface area contributed by atoms with Gasteiger partial charge in [0.05, 0.1) is 16.2 Å². The molecule has 2 aromatic carbocycles. The first kappa shape index (κ1) is 15.5. The van der Waals surface area contributed by atoms with Crippen LogP contribution in [0.4, 0.5) is 11.4 Å². The molecule has 0 aliphatic rings. The number of anilines is 1. The number of para-hydroxylation sites is 1. The number of nitro groups is 1. The monoisotopic (exact) mass is 300 g/mol. The maximum absolute atomic E-state index is 12.1. The van der Waals surface area contributed by atoms with Gasteiger partial charge in [-0.1, -0.05) is 24.3 Å². The van der Waals surface area contributed by atoms with E-state index in [0.717, 1.165) is 0 Å². The van der Waals surface area contributed by atoms with Crippen molar-refractivity contribution in [2.24, 2.45) is 0 Å². The second kappa shape index (κ2) is 6.71. The Balaban J connectivity index is 2.09. The van der Waals surface area contributed by atoms with Crippen LogP contribution >= 0.6 is 0 Å². The molecule has 1 amide bonds. The summed E-state index contributed by atoms with van der Waals surface area (Å²) in [5.41, 5.74) is 0.782. The first-order valence-electron chi connectivity index (χ1n) is 6.75. The summed E-state index contributed by atoms with van der Waals surface area (Å²) < 4.78 is 5.52. The number of hydrogen-bond acceptors (Lipinski definition) is 4. The van der Waals surface area contributed by atoms with Crippen molar-refractivity contribution < 1.29 is 14.5 Å². The largest absolute Gasteiger partial charge is 0.481 e. The smallest absolute Gasteiger partial charge is 0.274 e. The molecule has 2 aromatic rings. The van der Waals surface area contributed by atoms with Crippen molar-refractivity contribution in [3.8, 4) is 5.75 Å². The Bertz CT molecular complexity index is 686. The zero-order valence-electron chi connectivity index (χ0n) is 12.3. The van der Waals surface area contributed by atoms with Crippen molar-refractivity contribution in [3.05, 3.63) is 64.2 Å². The predicted molar refractivity (Wildman–Crippen MR) is 83.0 cm³/mol. The molecule has 0 saturated carbocycles. The minimum absolute atomic E-state index is 0.0329. The third-order valence-corrected chi connectivity index (χ3v) is 3.19. The normalized spacial score (nSPS) is 11.5. The quantitative estimate of drug-likeness (QED) is 0.678. The van der Waals surface area contributed by atoms with Gasteiger partial charge in [-0.2, -0.15) is 0 Å². The third-order valence-electron chi connectivity index (χ3n) is 3.19. The molecule has 114 valence electrons. The van der Waals surface area contributed by atoms with E-state index in [4.69, 9.17) is 4.74 Å². The summed E-state index contributed by atoms with van der Waals surface area (Å²) in [6, 6.07) is 13.5. The molecule has 0 radical (unpaired) electrons. The molecule has 0 heterocycles. The maximum atomic E-state index is 12.1. The van der Waals surface area contributed by atoms with Gasteiger partial charge >= 0.3 is 0 Å². The number of rotatable bonds is 5. The summed E-state index contributed by atoms with van der Waals surface area (Å²) in [6.45, 7) is 3.21. The Morgan fingerprint density at radius 3 is 2.50 bits per heavy atom. The van der Waals surface area contributed by atoms with E-state index in [1.54, 1.807) is 32.0 Å². The van der Waals surface area contributed by atoms with Gasteiger partial charge in [0.15, 0.2) is 6.10 Å². The molecule has 0 bridgehead atoms. The van der Waals surface area contributed by atoms with E-state index in [1.807, 2.05) is 18.2 Å². The van der Waals surface area contributed by atoms with E-state index in [1.165, 1.54) is 12.1 Å². The molecule has 0 fully saturated rings. The van der Waals surface area contributed by atoms with E-state index < -0.39 is 11.0 Å². The maximum Gasteiger partial charge on any atom is 0.274 e. The number of ether oxygens (including phenoxy) is 1. The van der Waals surface area contributed by atoms with E-state index in [-0.39, 0.29) is 11.6 Å². The number of nitrogens with one attached hydrogen (secondary N) is 1. The molecule has 0 spiro atoms. The fourth-order valence-corrected chi connectivity index (χ4v) is 1.95. The minimum Gasteiger partial charge on any atom is -0.481 e. The van der Waals surface area contributed by atoms with Crippen LogP contribution in [0.25, 0.3) is 0 Å². The van der Waals surface area contributed by atoms with Crippen molar-refractivity contribution >= 4 is 17.3 Å². The average Bonchev–Trinajstić information content (AvgIpc) is 2.50. The number of hydrogen-bond donors (Lipinski definition) is 1. The minimum atomic E-state index is -0.721. The number of carbonyl (C=O) groups is 1. The molecule has 1 atom stereocenters. The van der Waals surface area contributed by atoms with Crippen LogP contribution in [-0.2, 0) is 4.79 Å². The van der Waals surface area contributed by atoms with E-state index in [9.17, 15) is 14.9 Å². The second-order valence-corrected chi connectivity index (χ2v) is 4.77. The van der Waals surface area contributed by atoms with E-state index >= 15 is 0 Å². The van der Waals surface area contributed by atoms with Crippen LogP contribution in [-0.4, -0.2) is 16.9 Å². The SMILES string of the molecule is Cc1c(NC(=O)[C@@H](C)Oc2ccccc2)cccc1[N+](=O)[O-]. The van der Waals surface area contributed by atoms with Crippen LogP contribution < -0.4 is 10.1 Å². The molecule has 6 heteroatoms. The number of carbonyl (C=O) groups excluding carboxylic acids is 1. The highest BCUT2D eigenvalue weighted by atomic mass is 16.6. The van der Waals surface area contributed by atoms with Gasteiger partial charge < -0.3 is 10.1 Å². The fraction of sp³-hybridized carbons (Fsp3) is 0.188. The molecule has 0 aliphatic heterocycles. The van der Waals surface area contributed by atoms with Gasteiger partial charge in [0.2, 0.25) is 0 Å². The Kier molecular flexibility index (Phi) is 4.73. The van der Waals surface area contributed by atoms with E-state index in [2.05, 4.69) is 5.32 Å². The Labute approximate surface area is 127 Å². The summed E-state index contributed by atoms with van der Waals surface area (Å²) in [5, 5.41) is 13.6. The Hall–Kier alpha value is -2.89. The lowest BCUT2D eigenvalue weighted by Crippen LogP contribution is -2.30. The topological polar surface area (TPSA) is 81.5 Å². The van der Waals surface area contributed by atoms with Gasteiger partial charge in [0, 0.05) is 6.07 Å². The van der Waals surface area contributed by atoms with Gasteiger partial charge in [-0.25, -0.2) is 0 Å². The van der Waals surface area contributed by atoms with Crippen LogP contribution in [0.15, 0.2) is 48.5 Å². The molecule has 0 aromatic heterocycles. The van der Waals surface area contributed by atoms with Crippen LogP contribution in [0.3, 0.4) is 0 Å². The predicted octanol–water partition coefficient (Wildman–Crippen LogP) is 3.31. The Morgan fingerprint density at radius 1 is 1.18 bits per heavy atom. The molecule has 0 saturated heterocycles. The highest BCUT2D eigenvalue weighted by Gasteiger charge is 2.19. The standard InChI is InChI=1S/C16H16N2O4/c1-11-14(9-6-10-15(11)18(20)21)17-16(19)12(2)22-13-7-4-3-5-8-13/h3-10,12H,1-2H3,(H,17,19)/t12-/m1/s1. The van der Waals surface area contributed by atoms with Crippen molar-refractivity contribution in [2.45, 2.75) is 20.0 Å². The molecule has 22 heavy (non-hydrogen) atoms. The highest BCUT2D eigenvalue weighted by Crippen LogP contribution is 2.25. The van der Waals surface area contributed by atoms with Gasteiger partial charge in [-0.15, -0.1) is 0 Å². The van der Waals surface area contributed by atoms with Crippen LogP contribution in [0.2, 0.25) is 0 Å². The summed E-state index contributed by atoms with van der Waals surface area (Å²) in [7, 11) is 0. The molecule has 0 unspecified atom stereocenters. The van der Waals surface area contributed by atoms with Crippen LogP contribution in [0.5, 0.6) is 5.75 Å². The second-order valence-electron chi connectivity index (χ2n) is 4.77. The average molecular weight is 300 g/mol. The molecule has 2 rings (SSSR count). The summed E-state index contributed by atoms with van der Waals surface area (Å²) in [4.78, 5) is 22.6. The Morgan fingerprint density at radius 2 is 1.86 bits per heavy atom. The zero-order chi connectivity index (χ0) is 16.1. The van der Waals surface area contributed by atoms with E-state index in [0.29, 0.717) is 17.0 Å². The van der Waals surface area contributed by atoms with Crippen molar-refractivity contribution in [1.82, 2.24) is 0 Å². The molecule has 0 aliphatic carbocycles. The van der Waals surface area contributed by atoms with Gasteiger partial charge in [0.1, 0.15) is 5.75 Å². The van der Waals surface area contributed by atoms with Crippen molar-refractivity contribution in [2.75, 3.05) is 5.32 Å². The molecule has 1 N–H and O–H groups in total. The number of benzene rings is 2. The van der Waals surface area contributed by atoms with Crippen molar-refractivity contribution in [3.63, 3.8) is 0 Å². The first-order chi connectivity index (χ1) is 10.5. The lowest BCUT2D eigenvalue weighted by molar-refractivity contribution is -0.385. The molecular weight excluding hydrogens is 284 g/mol. The van der Waals surface area contributed by atoms with Crippen molar-refractivity contribution in [1.29, 1.82) is 0 Å². The summed E-state index contributed by atoms with van der Waals surface area (Å²) in [5.74, 6) is 0.216. The van der Waals surface area contributed by atoms with Gasteiger partial charge in [0.25, 0.3) is 11.6 Å². The lowest BCUT2D eigenvalue weighted by atomic mass is 10.1. The number of nitro benzene ring substituents is 1. The summed E-state index contributed by atoms with van der Waals surface area (Å²) >= 11 is 0. The first-order valence-corrected chi connectivity index (χ1v) is 6.75. The third kappa shape index (κ3) is 3.60. The highest BCUT2D eigenvalue weighted by molar-refractivity contribution is 5.95. The molecular formula is C16H16N2O4. The van der Waals surface area contributed by atoms with Crippen LogP contribution in [0, 0.1) is 17.0 Å². The van der Waals surface area contributed by atoms with Gasteiger partial charge in [-0.3, -0.25) is 14.9 Å². The zero-order valence-corrected chi connectivity index (χ0v) is 12.3. The van der Waals surface area contributed by atoms with Gasteiger partial charge in [-0.05, 0) is 32.0 Å². The fourth-order valence-electron chi connectivity index (χ4n) is 1.95. The molecule has 6 nitrogen and oxygen atoms in total. The number of nitrogens with zero attached hydrogens (tertiary/aromatic N) is 1. The van der Waals surface area contributed by atoms with Crippen LogP contribution in [0.1, 0.15) is 12.5 Å².